The number of carbonyl (C=O) groups is 1. The fourth-order valence-corrected chi connectivity index (χ4v) is 3.63. The second-order valence-corrected chi connectivity index (χ2v) is 7.14. The number of rotatable bonds is 4. The van der Waals surface area contributed by atoms with Crippen LogP contribution in [0.2, 0.25) is 0 Å². The van der Waals surface area contributed by atoms with Crippen LogP contribution >= 0.6 is 0 Å². The van der Waals surface area contributed by atoms with E-state index in [1.807, 2.05) is 0 Å². The van der Waals surface area contributed by atoms with Crippen LogP contribution in [0.25, 0.3) is 0 Å². The molecular weight excluding hydrogens is 236 g/mol. The second kappa shape index (κ2) is 6.25. The Labute approximate surface area is 117 Å². The van der Waals surface area contributed by atoms with Crippen LogP contribution in [0.15, 0.2) is 0 Å². The van der Waals surface area contributed by atoms with Gasteiger partial charge in [0.25, 0.3) is 0 Å². The third kappa shape index (κ3) is 3.50. The molecule has 2 aliphatic rings. The highest BCUT2D eigenvalue weighted by molar-refractivity contribution is 5.82. The molecule has 3 unspecified atom stereocenters. The van der Waals surface area contributed by atoms with Gasteiger partial charge in [0.1, 0.15) is 0 Å². The number of hydrogen-bond acceptors (Lipinski definition) is 2. The zero-order valence-electron chi connectivity index (χ0n) is 12.8. The molecule has 110 valence electrons. The summed E-state index contributed by atoms with van der Waals surface area (Å²) in [4.78, 5) is 12.5. The van der Waals surface area contributed by atoms with Gasteiger partial charge in [0.05, 0.1) is 0 Å². The second-order valence-electron chi connectivity index (χ2n) is 7.14. The predicted molar refractivity (Wildman–Crippen MR) is 78.9 cm³/mol. The molecule has 0 radical (unpaired) electrons. The van der Waals surface area contributed by atoms with Gasteiger partial charge < -0.3 is 10.6 Å². The summed E-state index contributed by atoms with van der Waals surface area (Å²) in [6.45, 7) is 9.51. The quantitative estimate of drug-likeness (QED) is 0.821. The van der Waals surface area contributed by atoms with Crippen molar-refractivity contribution in [3.8, 4) is 0 Å². The lowest BCUT2D eigenvalue weighted by atomic mass is 9.74. The molecule has 1 aliphatic heterocycles. The average molecular weight is 266 g/mol. The lowest BCUT2D eigenvalue weighted by molar-refractivity contribution is -0.132. The third-order valence-corrected chi connectivity index (χ3v) is 5.47. The van der Waals surface area contributed by atoms with E-state index in [-0.39, 0.29) is 11.3 Å². The lowest BCUT2D eigenvalue weighted by Gasteiger charge is -2.36. The third-order valence-electron chi connectivity index (χ3n) is 5.47. The minimum Gasteiger partial charge on any atom is -0.355 e. The van der Waals surface area contributed by atoms with E-state index in [1.54, 1.807) is 0 Å². The highest BCUT2D eigenvalue weighted by Crippen LogP contribution is 2.33. The molecule has 1 heterocycles. The Morgan fingerprint density at radius 3 is 2.63 bits per heavy atom. The van der Waals surface area contributed by atoms with E-state index >= 15 is 0 Å². The van der Waals surface area contributed by atoms with E-state index in [2.05, 4.69) is 31.4 Å². The Morgan fingerprint density at radius 2 is 2.05 bits per heavy atom. The zero-order valence-corrected chi connectivity index (χ0v) is 12.8. The van der Waals surface area contributed by atoms with Crippen molar-refractivity contribution in [2.24, 2.45) is 23.2 Å². The van der Waals surface area contributed by atoms with E-state index in [0.717, 1.165) is 25.6 Å². The number of amides is 1. The summed E-state index contributed by atoms with van der Waals surface area (Å²) in [5, 5.41) is 6.65. The first-order valence-electron chi connectivity index (χ1n) is 8.01. The molecular formula is C16H30N2O. The topological polar surface area (TPSA) is 41.1 Å². The maximum absolute atomic E-state index is 12.5. The fraction of sp³-hybridized carbons (Fsp3) is 0.938. The molecule has 1 saturated heterocycles. The first-order chi connectivity index (χ1) is 9.01. The van der Waals surface area contributed by atoms with Crippen molar-refractivity contribution in [3.05, 3.63) is 0 Å². The lowest BCUT2D eigenvalue weighted by Crippen LogP contribution is -2.48. The van der Waals surface area contributed by atoms with Gasteiger partial charge >= 0.3 is 0 Å². The van der Waals surface area contributed by atoms with Crippen molar-refractivity contribution in [1.82, 2.24) is 10.6 Å². The zero-order chi connectivity index (χ0) is 13.9. The van der Waals surface area contributed by atoms with Gasteiger partial charge in [-0.05, 0) is 50.1 Å². The van der Waals surface area contributed by atoms with Crippen LogP contribution in [0.1, 0.15) is 52.9 Å². The molecule has 3 nitrogen and oxygen atoms in total. The van der Waals surface area contributed by atoms with E-state index in [1.165, 1.54) is 32.1 Å². The molecule has 0 aromatic carbocycles. The molecule has 2 fully saturated rings. The number of carbonyl (C=O) groups excluding carboxylic acids is 1. The van der Waals surface area contributed by atoms with Gasteiger partial charge in [-0.2, -0.15) is 0 Å². The van der Waals surface area contributed by atoms with Gasteiger partial charge in [0.2, 0.25) is 5.91 Å². The van der Waals surface area contributed by atoms with Crippen LogP contribution in [0.3, 0.4) is 0 Å². The van der Waals surface area contributed by atoms with Crippen LogP contribution in [0.5, 0.6) is 0 Å². The molecule has 2 rings (SSSR count). The van der Waals surface area contributed by atoms with Crippen LogP contribution in [-0.2, 0) is 4.79 Å². The maximum Gasteiger partial charge on any atom is 0.225 e. The summed E-state index contributed by atoms with van der Waals surface area (Å²) in [6.07, 6.45) is 6.31. The van der Waals surface area contributed by atoms with Gasteiger partial charge in [-0.25, -0.2) is 0 Å². The van der Waals surface area contributed by atoms with Crippen LogP contribution in [-0.4, -0.2) is 25.5 Å². The fourth-order valence-electron chi connectivity index (χ4n) is 3.63. The predicted octanol–water partition coefficient (Wildman–Crippen LogP) is 2.56. The summed E-state index contributed by atoms with van der Waals surface area (Å²) in [7, 11) is 0. The molecule has 0 aromatic rings. The highest BCUT2D eigenvalue weighted by Gasteiger charge is 2.37. The van der Waals surface area contributed by atoms with E-state index in [0.29, 0.717) is 11.8 Å². The summed E-state index contributed by atoms with van der Waals surface area (Å²) >= 11 is 0. The Morgan fingerprint density at radius 1 is 1.26 bits per heavy atom. The molecule has 1 aliphatic carbocycles. The van der Waals surface area contributed by atoms with Gasteiger partial charge in [0, 0.05) is 12.0 Å². The normalized spacial score (nSPS) is 32.3. The van der Waals surface area contributed by atoms with Crippen molar-refractivity contribution in [2.45, 2.75) is 52.9 Å². The van der Waals surface area contributed by atoms with Crippen LogP contribution < -0.4 is 10.6 Å². The van der Waals surface area contributed by atoms with Gasteiger partial charge in [-0.3, -0.25) is 4.79 Å². The molecule has 1 amide bonds. The minimum atomic E-state index is -0.241. The average Bonchev–Trinajstić information content (AvgIpc) is 2.82. The van der Waals surface area contributed by atoms with Gasteiger partial charge in [-0.1, -0.05) is 33.6 Å². The Kier molecular flexibility index (Phi) is 4.88. The van der Waals surface area contributed by atoms with Crippen LogP contribution in [0.4, 0.5) is 0 Å². The number of hydrogen-bond donors (Lipinski definition) is 2. The highest BCUT2D eigenvalue weighted by atomic mass is 16.2. The largest absolute Gasteiger partial charge is 0.355 e. The maximum atomic E-state index is 12.5. The number of piperidine rings is 1. The smallest absolute Gasteiger partial charge is 0.225 e. The van der Waals surface area contributed by atoms with Gasteiger partial charge in [0.15, 0.2) is 0 Å². The minimum absolute atomic E-state index is 0.241. The molecule has 0 bridgehead atoms. The first kappa shape index (κ1) is 14.8. The Bertz CT molecular complexity index is 308. The van der Waals surface area contributed by atoms with E-state index in [4.69, 9.17) is 0 Å². The SMILES string of the molecule is CC1CCCC1CNC(=O)C(C)(C)C1CCCNC1. The van der Waals surface area contributed by atoms with Crippen molar-refractivity contribution in [1.29, 1.82) is 0 Å². The summed E-state index contributed by atoms with van der Waals surface area (Å²) in [6, 6.07) is 0. The first-order valence-corrected chi connectivity index (χ1v) is 8.01. The summed E-state index contributed by atoms with van der Waals surface area (Å²) in [5.74, 6) is 2.20. The summed E-state index contributed by atoms with van der Waals surface area (Å²) in [5.41, 5.74) is -0.241. The standard InChI is InChI=1S/C16H30N2O/c1-12-6-4-7-13(12)10-18-15(19)16(2,3)14-8-5-9-17-11-14/h12-14,17H,4-11H2,1-3H3,(H,18,19). The molecule has 0 spiro atoms. The molecule has 2 N–H and O–H groups in total. The monoisotopic (exact) mass is 266 g/mol. The molecule has 19 heavy (non-hydrogen) atoms. The van der Waals surface area contributed by atoms with Gasteiger partial charge in [-0.15, -0.1) is 0 Å². The Balaban J connectivity index is 1.83. The summed E-state index contributed by atoms with van der Waals surface area (Å²) < 4.78 is 0. The molecule has 1 saturated carbocycles. The van der Waals surface area contributed by atoms with Crippen LogP contribution in [0, 0.1) is 23.2 Å². The van der Waals surface area contributed by atoms with E-state index < -0.39 is 0 Å². The van der Waals surface area contributed by atoms with E-state index in [9.17, 15) is 4.79 Å². The number of nitrogens with one attached hydrogen (secondary N) is 2. The molecule has 0 aromatic heterocycles. The van der Waals surface area contributed by atoms with Crippen molar-refractivity contribution >= 4 is 5.91 Å². The molecule has 3 atom stereocenters. The van der Waals surface area contributed by atoms with Crippen molar-refractivity contribution < 1.29 is 4.79 Å². The van der Waals surface area contributed by atoms with Crippen molar-refractivity contribution in [2.75, 3.05) is 19.6 Å². The van der Waals surface area contributed by atoms with Crippen molar-refractivity contribution in [3.63, 3.8) is 0 Å². The molecule has 3 heteroatoms. The Hall–Kier alpha value is -0.570.